The van der Waals surface area contributed by atoms with Gasteiger partial charge in [-0.05, 0) is 65.5 Å². The largest absolute Gasteiger partial charge is 0.480 e. The van der Waals surface area contributed by atoms with E-state index in [1.807, 2.05) is 33.8 Å². The van der Waals surface area contributed by atoms with Crippen molar-refractivity contribution in [2.45, 2.75) is 89.7 Å². The van der Waals surface area contributed by atoms with E-state index in [-0.39, 0.29) is 29.1 Å². The van der Waals surface area contributed by atoms with E-state index in [1.54, 1.807) is 31.2 Å². The van der Waals surface area contributed by atoms with Crippen molar-refractivity contribution in [1.82, 2.24) is 4.72 Å². The minimum absolute atomic E-state index is 0.0869. The summed E-state index contributed by atoms with van der Waals surface area (Å²) >= 11 is 0. The van der Waals surface area contributed by atoms with Crippen molar-refractivity contribution in [2.75, 3.05) is 5.73 Å². The molecule has 197 valence electrons. The molecule has 0 heterocycles. The van der Waals surface area contributed by atoms with Crippen molar-refractivity contribution >= 4 is 28.2 Å². The number of carboxylic acid groups (broad SMARTS) is 1. The lowest BCUT2D eigenvalue weighted by molar-refractivity contribution is -0.138. The summed E-state index contributed by atoms with van der Waals surface area (Å²) in [6.07, 6.45) is -0.740. The predicted molar refractivity (Wildman–Crippen MR) is 140 cm³/mol. The van der Waals surface area contributed by atoms with Crippen LogP contribution in [0.15, 0.2) is 35.2 Å². The molecule has 0 saturated carbocycles. The fourth-order valence-corrected chi connectivity index (χ4v) is 6.10. The number of nitrogens with one attached hydrogen (secondary N) is 1. The Morgan fingerprint density at radius 3 is 2.03 bits per heavy atom. The van der Waals surface area contributed by atoms with Crippen molar-refractivity contribution < 1.29 is 27.9 Å². The van der Waals surface area contributed by atoms with Crippen LogP contribution in [-0.2, 0) is 30.8 Å². The van der Waals surface area contributed by atoms with Crippen LogP contribution in [0.25, 0.3) is 0 Å². The Kier molecular flexibility index (Phi) is 9.68. The number of rotatable bonds is 12. The second-order valence-corrected chi connectivity index (χ2v) is 11.6. The normalized spacial score (nSPS) is 13.7. The Bertz CT molecular complexity index is 1200. The monoisotopic (exact) mass is 517 g/mol. The molecule has 0 aliphatic rings. The van der Waals surface area contributed by atoms with Crippen molar-refractivity contribution in [3.8, 4) is 0 Å². The Labute approximate surface area is 214 Å². The number of hydrogen-bond donors (Lipinski definition) is 3. The average molecular weight is 518 g/mol. The van der Waals surface area contributed by atoms with Gasteiger partial charge in [-0.3, -0.25) is 4.79 Å². The van der Waals surface area contributed by atoms with Crippen LogP contribution < -0.4 is 10.5 Å². The molecule has 36 heavy (non-hydrogen) atoms. The van der Waals surface area contributed by atoms with Crippen molar-refractivity contribution in [3.05, 3.63) is 58.1 Å². The minimum Gasteiger partial charge on any atom is -0.480 e. The molecule has 4 N–H and O–H groups in total. The number of benzene rings is 2. The maximum Gasteiger partial charge on any atom is 0.418 e. The number of carboxylic acids is 1. The van der Waals surface area contributed by atoms with E-state index in [0.29, 0.717) is 22.4 Å². The van der Waals surface area contributed by atoms with Gasteiger partial charge < -0.3 is 15.6 Å². The highest BCUT2D eigenvalue weighted by Crippen LogP contribution is 2.37. The van der Waals surface area contributed by atoms with Gasteiger partial charge in [0.25, 0.3) is 0 Å². The molecule has 1 unspecified atom stereocenters. The van der Waals surface area contributed by atoms with Gasteiger partial charge in [0.15, 0.2) is 0 Å². The van der Waals surface area contributed by atoms with Crippen LogP contribution >= 0.6 is 0 Å². The first-order valence-corrected chi connectivity index (χ1v) is 13.5. The molecule has 9 heteroatoms. The second kappa shape index (κ2) is 11.9. The van der Waals surface area contributed by atoms with Gasteiger partial charge in [0.05, 0.1) is 4.90 Å². The predicted octanol–water partition coefficient (Wildman–Crippen LogP) is 4.76. The smallest absolute Gasteiger partial charge is 0.418 e. The summed E-state index contributed by atoms with van der Waals surface area (Å²) in [5.41, 5.74) is 10.2. The fourth-order valence-electron chi connectivity index (χ4n) is 4.53. The van der Waals surface area contributed by atoms with Crippen molar-refractivity contribution in [1.29, 1.82) is 0 Å². The van der Waals surface area contributed by atoms with Gasteiger partial charge in [0, 0.05) is 11.3 Å². The molecular formula is C27H37N2O6S. The summed E-state index contributed by atoms with van der Waals surface area (Å²) in [6.45, 7) is 15.1. The molecule has 8 nitrogen and oxygen atoms in total. The zero-order chi connectivity index (χ0) is 27.4. The highest BCUT2D eigenvalue weighted by molar-refractivity contribution is 7.89. The molecule has 1 radical (unpaired) electrons. The number of aliphatic carboxylic acids is 1. The standard InChI is InChI=1S/C27H37N2O6S/c1-15(2)20-10-11-24(26(17(5)6)25(20)16(3)4)36(33,34)29-23(27(31)32)13-19-8-9-21(22(28)12-19)18(7)35-14-30/h8-12,15-18,23,29H,13,28H2,1-7H3,(H,31,32)/t18?,23-/m0/s1. The number of sulfonamides is 1. The molecule has 2 atom stereocenters. The number of nitrogens with two attached hydrogens (primary N) is 1. The Morgan fingerprint density at radius 1 is 0.972 bits per heavy atom. The van der Waals surface area contributed by atoms with Crippen LogP contribution in [0.1, 0.15) is 100 Å². The summed E-state index contributed by atoms with van der Waals surface area (Å²) < 4.78 is 34.3. The summed E-state index contributed by atoms with van der Waals surface area (Å²) in [5.74, 6) is -1.09. The van der Waals surface area contributed by atoms with Gasteiger partial charge in [0.2, 0.25) is 10.0 Å². The van der Waals surface area contributed by atoms with E-state index < -0.39 is 28.1 Å². The SMILES string of the molecule is CC(C)c1ccc(S(=O)(=O)N[C@@H](Cc2ccc(C(C)O[C]=O)c(N)c2)C(=O)O)c(C(C)C)c1C(C)C. The Balaban J connectivity index is 2.47. The molecule has 0 saturated heterocycles. The first kappa shape index (κ1) is 29.3. The first-order chi connectivity index (χ1) is 16.7. The number of hydrogen-bond acceptors (Lipinski definition) is 6. The van der Waals surface area contributed by atoms with Crippen LogP contribution in [0.5, 0.6) is 0 Å². The average Bonchev–Trinajstić information content (AvgIpc) is 2.77. The van der Waals surface area contributed by atoms with Crippen LogP contribution in [0.4, 0.5) is 5.69 Å². The first-order valence-electron chi connectivity index (χ1n) is 12.0. The van der Waals surface area contributed by atoms with Crippen LogP contribution in [0.3, 0.4) is 0 Å². The number of anilines is 1. The molecule has 0 amide bonds. The highest BCUT2D eigenvalue weighted by Gasteiger charge is 2.31. The topological polar surface area (TPSA) is 136 Å². The molecule has 0 fully saturated rings. The van der Waals surface area contributed by atoms with E-state index >= 15 is 0 Å². The van der Waals surface area contributed by atoms with Gasteiger partial charge in [-0.1, -0.05) is 59.7 Å². The fraction of sp³-hybridized carbons (Fsp3) is 0.481. The lowest BCUT2D eigenvalue weighted by Gasteiger charge is -2.26. The van der Waals surface area contributed by atoms with Gasteiger partial charge in [-0.15, -0.1) is 0 Å². The number of ether oxygens (including phenoxy) is 1. The zero-order valence-corrected chi connectivity index (χ0v) is 22.8. The second-order valence-electron chi connectivity index (χ2n) is 9.97. The maximum absolute atomic E-state index is 13.5. The van der Waals surface area contributed by atoms with Crippen LogP contribution in [0, 0.1) is 0 Å². The summed E-state index contributed by atoms with van der Waals surface area (Å²) in [4.78, 5) is 22.7. The van der Waals surface area contributed by atoms with Gasteiger partial charge in [-0.25, -0.2) is 13.2 Å². The molecule has 0 aliphatic carbocycles. The number of nitrogen functional groups attached to an aromatic ring is 1. The molecule has 0 aromatic heterocycles. The Hall–Kier alpha value is -2.91. The molecule has 2 aromatic carbocycles. The van der Waals surface area contributed by atoms with E-state index in [0.717, 1.165) is 11.1 Å². The Morgan fingerprint density at radius 2 is 1.56 bits per heavy atom. The number of carbonyl (C=O) groups is 1. The van der Waals surface area contributed by atoms with Crippen molar-refractivity contribution in [2.24, 2.45) is 0 Å². The molecule has 0 bridgehead atoms. The molecule has 2 rings (SSSR count). The summed E-state index contributed by atoms with van der Waals surface area (Å²) in [6, 6.07) is 6.80. The van der Waals surface area contributed by atoms with Crippen LogP contribution in [0.2, 0.25) is 0 Å². The van der Waals surface area contributed by atoms with Gasteiger partial charge >= 0.3 is 12.4 Å². The summed E-state index contributed by atoms with van der Waals surface area (Å²) in [7, 11) is -4.16. The highest BCUT2D eigenvalue weighted by atomic mass is 32.2. The third kappa shape index (κ3) is 6.64. The van der Waals surface area contributed by atoms with E-state index in [4.69, 9.17) is 10.5 Å². The quantitative estimate of drug-likeness (QED) is 0.345. The lowest BCUT2D eigenvalue weighted by Crippen LogP contribution is -2.42. The summed E-state index contributed by atoms with van der Waals surface area (Å²) in [5, 5.41) is 9.84. The molecule has 2 aromatic rings. The van der Waals surface area contributed by atoms with E-state index in [1.165, 1.54) is 6.47 Å². The van der Waals surface area contributed by atoms with Crippen LogP contribution in [-0.4, -0.2) is 32.0 Å². The van der Waals surface area contributed by atoms with Gasteiger partial charge in [-0.2, -0.15) is 4.72 Å². The molecular weight excluding hydrogens is 480 g/mol. The third-order valence-electron chi connectivity index (χ3n) is 6.20. The van der Waals surface area contributed by atoms with Gasteiger partial charge in [0.1, 0.15) is 12.1 Å². The third-order valence-corrected chi connectivity index (χ3v) is 7.73. The number of carbonyl (C=O) groups excluding carboxylic acids is 1. The molecule has 0 spiro atoms. The minimum atomic E-state index is -4.16. The zero-order valence-electron chi connectivity index (χ0n) is 22.0. The molecule has 0 aliphatic heterocycles. The van der Waals surface area contributed by atoms with Crippen molar-refractivity contribution in [3.63, 3.8) is 0 Å². The maximum atomic E-state index is 13.5. The lowest BCUT2D eigenvalue weighted by atomic mass is 9.83. The van der Waals surface area contributed by atoms with E-state index in [9.17, 15) is 23.1 Å². The van der Waals surface area contributed by atoms with E-state index in [2.05, 4.69) is 18.6 Å².